The number of benzene rings is 2. The number of rotatable bonds is 8. The van der Waals surface area contributed by atoms with E-state index >= 15 is 0 Å². The Morgan fingerprint density at radius 3 is 2.50 bits per heavy atom. The van der Waals surface area contributed by atoms with Crippen LogP contribution >= 0.6 is 0 Å². The molecule has 0 saturated heterocycles. The van der Waals surface area contributed by atoms with E-state index in [4.69, 9.17) is 0 Å². The minimum absolute atomic E-state index is 0.156. The molecule has 0 fully saturated rings. The molecule has 2 nitrogen and oxygen atoms in total. The Labute approximate surface area is 155 Å². The molecule has 0 bridgehead atoms. The molecule has 0 saturated carbocycles. The molecular formula is C23H25FN2. The predicted octanol–water partition coefficient (Wildman–Crippen LogP) is 5.17. The number of nitrogens with zero attached hydrogens (tertiary/aromatic N) is 2. The van der Waals surface area contributed by atoms with Crippen molar-refractivity contribution in [3.05, 3.63) is 108 Å². The lowest BCUT2D eigenvalue weighted by molar-refractivity contribution is 0.274. The van der Waals surface area contributed by atoms with Crippen LogP contribution < -0.4 is 0 Å². The molecule has 0 unspecified atom stereocenters. The highest BCUT2D eigenvalue weighted by Gasteiger charge is 2.11. The molecule has 26 heavy (non-hydrogen) atoms. The van der Waals surface area contributed by atoms with Crippen molar-refractivity contribution in [2.75, 3.05) is 6.54 Å². The summed E-state index contributed by atoms with van der Waals surface area (Å²) in [6.45, 7) is 8.81. The fourth-order valence-corrected chi connectivity index (χ4v) is 3.10. The Hall–Kier alpha value is -2.65. The van der Waals surface area contributed by atoms with E-state index in [1.165, 1.54) is 22.9 Å². The van der Waals surface area contributed by atoms with Gasteiger partial charge in [-0.2, -0.15) is 0 Å². The van der Waals surface area contributed by atoms with Crippen molar-refractivity contribution in [1.29, 1.82) is 0 Å². The van der Waals surface area contributed by atoms with Crippen LogP contribution in [0.3, 0.4) is 0 Å². The van der Waals surface area contributed by atoms with Crippen LogP contribution in [0.4, 0.5) is 4.39 Å². The van der Waals surface area contributed by atoms with Gasteiger partial charge < -0.3 is 4.57 Å². The largest absolute Gasteiger partial charge is 0.346 e. The van der Waals surface area contributed by atoms with E-state index in [2.05, 4.69) is 65.6 Å². The molecule has 134 valence electrons. The molecule has 0 aliphatic carbocycles. The van der Waals surface area contributed by atoms with Crippen LogP contribution in [0.15, 0.2) is 79.5 Å². The molecular weight excluding hydrogens is 323 g/mol. The lowest BCUT2D eigenvalue weighted by Crippen LogP contribution is -2.25. The van der Waals surface area contributed by atoms with Crippen LogP contribution in [-0.2, 0) is 19.6 Å². The SMILES string of the molecule is C=CCN(Cc1ccccc1F)Cc1cccn1Cc1ccc(C)cc1. The Bertz CT molecular complexity index is 849. The number of hydrogen-bond donors (Lipinski definition) is 0. The second-order valence-electron chi connectivity index (χ2n) is 6.66. The van der Waals surface area contributed by atoms with Gasteiger partial charge in [0.15, 0.2) is 0 Å². The Balaban J connectivity index is 1.73. The van der Waals surface area contributed by atoms with Crippen molar-refractivity contribution in [2.45, 2.75) is 26.6 Å². The molecule has 3 rings (SSSR count). The smallest absolute Gasteiger partial charge is 0.127 e. The zero-order valence-corrected chi connectivity index (χ0v) is 15.2. The van der Waals surface area contributed by atoms with Gasteiger partial charge in [0, 0.05) is 43.6 Å². The first-order valence-corrected chi connectivity index (χ1v) is 8.92. The summed E-state index contributed by atoms with van der Waals surface area (Å²) in [6, 6.07) is 19.8. The summed E-state index contributed by atoms with van der Waals surface area (Å²) in [4.78, 5) is 2.20. The van der Waals surface area contributed by atoms with Gasteiger partial charge in [0.1, 0.15) is 5.82 Å². The maximum Gasteiger partial charge on any atom is 0.127 e. The number of aryl methyl sites for hydroxylation is 1. The van der Waals surface area contributed by atoms with Crippen molar-refractivity contribution < 1.29 is 4.39 Å². The van der Waals surface area contributed by atoms with Gasteiger partial charge in [0.05, 0.1) is 0 Å². The molecule has 0 aliphatic heterocycles. The molecule has 1 aromatic heterocycles. The highest BCUT2D eigenvalue weighted by atomic mass is 19.1. The van der Waals surface area contributed by atoms with Crippen molar-refractivity contribution in [1.82, 2.24) is 9.47 Å². The van der Waals surface area contributed by atoms with Gasteiger partial charge in [-0.15, -0.1) is 6.58 Å². The van der Waals surface area contributed by atoms with Crippen molar-refractivity contribution in [2.24, 2.45) is 0 Å². The van der Waals surface area contributed by atoms with Crippen molar-refractivity contribution in [3.63, 3.8) is 0 Å². The van der Waals surface area contributed by atoms with Crippen LogP contribution in [0.25, 0.3) is 0 Å². The molecule has 0 aliphatic rings. The van der Waals surface area contributed by atoms with E-state index in [0.717, 1.165) is 13.1 Å². The molecule has 1 heterocycles. The summed E-state index contributed by atoms with van der Waals surface area (Å²) >= 11 is 0. The molecule has 0 radical (unpaired) electrons. The highest BCUT2D eigenvalue weighted by molar-refractivity contribution is 5.23. The Morgan fingerprint density at radius 1 is 1.00 bits per heavy atom. The summed E-state index contributed by atoms with van der Waals surface area (Å²) in [5, 5.41) is 0. The van der Waals surface area contributed by atoms with E-state index < -0.39 is 0 Å². The maximum absolute atomic E-state index is 14.0. The van der Waals surface area contributed by atoms with E-state index in [-0.39, 0.29) is 5.82 Å². The zero-order valence-electron chi connectivity index (χ0n) is 15.2. The average Bonchev–Trinajstić information content (AvgIpc) is 3.06. The fraction of sp³-hybridized carbons (Fsp3) is 0.217. The Kier molecular flexibility index (Phi) is 6.03. The molecule has 3 aromatic rings. The number of halogens is 1. The van der Waals surface area contributed by atoms with Gasteiger partial charge in [0.25, 0.3) is 0 Å². The summed E-state index contributed by atoms with van der Waals surface area (Å²) in [6.07, 6.45) is 3.97. The lowest BCUT2D eigenvalue weighted by atomic mass is 10.1. The molecule has 2 aromatic carbocycles. The standard InChI is InChI=1S/C23H25FN2/c1-3-14-25(17-21-7-4-5-9-23(21)24)18-22-8-6-15-26(22)16-20-12-10-19(2)11-13-20/h3-13,15H,1,14,16-18H2,2H3. The minimum atomic E-state index is -0.156. The minimum Gasteiger partial charge on any atom is -0.346 e. The third-order valence-corrected chi connectivity index (χ3v) is 4.52. The van der Waals surface area contributed by atoms with Crippen molar-refractivity contribution in [3.8, 4) is 0 Å². The predicted molar refractivity (Wildman–Crippen MR) is 105 cm³/mol. The van der Waals surface area contributed by atoms with Crippen molar-refractivity contribution >= 4 is 0 Å². The van der Waals surface area contributed by atoms with E-state index in [0.29, 0.717) is 18.7 Å². The van der Waals surface area contributed by atoms with Crippen LogP contribution in [-0.4, -0.2) is 16.0 Å². The topological polar surface area (TPSA) is 8.17 Å². The normalized spacial score (nSPS) is 11.0. The summed E-state index contributed by atoms with van der Waals surface area (Å²) < 4.78 is 16.3. The second kappa shape index (κ2) is 8.63. The summed E-state index contributed by atoms with van der Waals surface area (Å²) in [5.41, 5.74) is 4.47. The average molecular weight is 348 g/mol. The van der Waals surface area contributed by atoms with Gasteiger partial charge in [-0.25, -0.2) is 4.39 Å². The van der Waals surface area contributed by atoms with E-state index in [1.807, 2.05) is 18.2 Å². The van der Waals surface area contributed by atoms with Gasteiger partial charge in [-0.3, -0.25) is 4.90 Å². The zero-order chi connectivity index (χ0) is 18.4. The van der Waals surface area contributed by atoms with E-state index in [9.17, 15) is 4.39 Å². The summed E-state index contributed by atoms with van der Waals surface area (Å²) in [5.74, 6) is -0.156. The monoisotopic (exact) mass is 348 g/mol. The van der Waals surface area contributed by atoms with Gasteiger partial charge in [0.2, 0.25) is 0 Å². The lowest BCUT2D eigenvalue weighted by Gasteiger charge is -2.22. The molecule has 0 amide bonds. The van der Waals surface area contributed by atoms with Gasteiger partial charge in [-0.1, -0.05) is 54.1 Å². The second-order valence-corrected chi connectivity index (χ2v) is 6.66. The third kappa shape index (κ3) is 4.70. The van der Waals surface area contributed by atoms with Gasteiger partial charge >= 0.3 is 0 Å². The van der Waals surface area contributed by atoms with Gasteiger partial charge in [-0.05, 0) is 30.7 Å². The summed E-state index contributed by atoms with van der Waals surface area (Å²) in [7, 11) is 0. The van der Waals surface area contributed by atoms with Crippen LogP contribution in [0.1, 0.15) is 22.4 Å². The van der Waals surface area contributed by atoms with Crippen LogP contribution in [0.2, 0.25) is 0 Å². The Morgan fingerprint density at radius 2 is 1.77 bits per heavy atom. The molecule has 0 atom stereocenters. The third-order valence-electron chi connectivity index (χ3n) is 4.52. The molecule has 0 spiro atoms. The quantitative estimate of drug-likeness (QED) is 0.510. The molecule has 0 N–H and O–H groups in total. The highest BCUT2D eigenvalue weighted by Crippen LogP contribution is 2.15. The van der Waals surface area contributed by atoms with E-state index in [1.54, 1.807) is 6.07 Å². The first kappa shape index (κ1) is 18.2. The first-order valence-electron chi connectivity index (χ1n) is 8.92. The van der Waals surface area contributed by atoms with Crippen LogP contribution in [0, 0.1) is 12.7 Å². The van der Waals surface area contributed by atoms with Crippen LogP contribution in [0.5, 0.6) is 0 Å². The first-order chi connectivity index (χ1) is 12.7. The number of aromatic nitrogens is 1. The number of hydrogen-bond acceptors (Lipinski definition) is 1. The molecule has 3 heteroatoms. The maximum atomic E-state index is 14.0. The fourth-order valence-electron chi connectivity index (χ4n) is 3.10.